The van der Waals surface area contributed by atoms with Crippen molar-refractivity contribution in [2.45, 2.75) is 0 Å². The maximum Gasteiger partial charge on any atom is 0.0607 e. The highest BCUT2D eigenvalue weighted by Crippen LogP contribution is 1.94. The van der Waals surface area contributed by atoms with Gasteiger partial charge in [0.15, 0.2) is 0 Å². The second-order valence-electron chi connectivity index (χ2n) is 3.71. The van der Waals surface area contributed by atoms with Crippen molar-refractivity contribution in [2.24, 2.45) is 0 Å². The van der Waals surface area contributed by atoms with Crippen molar-refractivity contribution in [3.05, 3.63) is 0 Å². The van der Waals surface area contributed by atoms with Gasteiger partial charge in [-0.3, -0.25) is 9.80 Å². The van der Waals surface area contributed by atoms with E-state index in [-0.39, 0.29) is 0 Å². The molecule has 1 fully saturated rings. The van der Waals surface area contributed by atoms with Crippen molar-refractivity contribution in [3.8, 4) is 24.7 Å². The highest BCUT2D eigenvalue weighted by atomic mass is 15.2. The number of rotatable bonds is 5. The van der Waals surface area contributed by atoms with E-state index in [1.54, 1.807) is 0 Å². The third kappa shape index (κ3) is 4.85. The zero-order valence-corrected chi connectivity index (χ0v) is 9.21. The minimum absolute atomic E-state index is 0.649. The lowest BCUT2D eigenvalue weighted by Crippen LogP contribution is -2.46. The lowest BCUT2D eigenvalue weighted by Gasteiger charge is -2.29. The summed E-state index contributed by atoms with van der Waals surface area (Å²) in [5, 5.41) is 3.33. The first-order chi connectivity index (χ1) is 7.36. The van der Waals surface area contributed by atoms with E-state index in [1.807, 2.05) is 0 Å². The quantitative estimate of drug-likeness (QED) is 0.608. The van der Waals surface area contributed by atoms with Gasteiger partial charge in [-0.1, -0.05) is 11.8 Å². The summed E-state index contributed by atoms with van der Waals surface area (Å²) in [4.78, 5) is 4.57. The molecule has 1 N–H and O–H groups in total. The molecule has 0 amide bonds. The molecule has 0 radical (unpaired) electrons. The van der Waals surface area contributed by atoms with Crippen molar-refractivity contribution in [1.29, 1.82) is 0 Å². The number of nitrogens with zero attached hydrogens (tertiary/aromatic N) is 2. The summed E-state index contributed by atoms with van der Waals surface area (Å²) in [6.07, 6.45) is 10.6. The molecule has 1 aliphatic heterocycles. The fourth-order valence-corrected chi connectivity index (χ4v) is 1.69. The maximum absolute atomic E-state index is 5.28. The Hall–Kier alpha value is -1.00. The van der Waals surface area contributed by atoms with E-state index < -0.39 is 0 Å². The van der Waals surface area contributed by atoms with E-state index in [9.17, 15) is 0 Å². The standard InChI is InChI=1S/C12H19N3/c1-3-7-14(8-4-2)11-12-15-9-5-13-6-10-15/h1-2,13H,5-12H2. The molecule has 0 spiro atoms. The average Bonchev–Trinajstić information content (AvgIpc) is 2.28. The fourth-order valence-electron chi connectivity index (χ4n) is 1.69. The lowest BCUT2D eigenvalue weighted by atomic mass is 10.3. The Balaban J connectivity index is 2.20. The van der Waals surface area contributed by atoms with Crippen LogP contribution in [0.15, 0.2) is 0 Å². The van der Waals surface area contributed by atoms with Gasteiger partial charge in [0.05, 0.1) is 13.1 Å². The third-order valence-corrected chi connectivity index (χ3v) is 2.57. The molecule has 0 unspecified atom stereocenters. The Morgan fingerprint density at radius 1 is 1.13 bits per heavy atom. The van der Waals surface area contributed by atoms with Gasteiger partial charge in [0.1, 0.15) is 0 Å². The van der Waals surface area contributed by atoms with Crippen molar-refractivity contribution in [2.75, 3.05) is 52.4 Å². The molecule has 1 aliphatic rings. The van der Waals surface area contributed by atoms with E-state index >= 15 is 0 Å². The normalized spacial score (nSPS) is 17.3. The van der Waals surface area contributed by atoms with Crippen LogP contribution in [0.3, 0.4) is 0 Å². The van der Waals surface area contributed by atoms with Crippen molar-refractivity contribution < 1.29 is 0 Å². The lowest BCUT2D eigenvalue weighted by molar-refractivity contribution is 0.206. The van der Waals surface area contributed by atoms with Gasteiger partial charge in [0, 0.05) is 39.3 Å². The van der Waals surface area contributed by atoms with Gasteiger partial charge in [0.2, 0.25) is 0 Å². The Kier molecular flexibility index (Phi) is 5.88. The van der Waals surface area contributed by atoms with E-state index in [0.29, 0.717) is 13.1 Å². The fraction of sp³-hybridized carbons (Fsp3) is 0.667. The summed E-state index contributed by atoms with van der Waals surface area (Å²) >= 11 is 0. The topological polar surface area (TPSA) is 18.5 Å². The van der Waals surface area contributed by atoms with Crippen LogP contribution in [0, 0.1) is 24.7 Å². The van der Waals surface area contributed by atoms with Crippen molar-refractivity contribution in [3.63, 3.8) is 0 Å². The maximum atomic E-state index is 5.28. The number of nitrogens with one attached hydrogen (secondary N) is 1. The monoisotopic (exact) mass is 205 g/mol. The van der Waals surface area contributed by atoms with Gasteiger partial charge in [-0.2, -0.15) is 0 Å². The van der Waals surface area contributed by atoms with Crippen LogP contribution in [0.5, 0.6) is 0 Å². The summed E-state index contributed by atoms with van der Waals surface area (Å²) in [5.41, 5.74) is 0. The molecule has 15 heavy (non-hydrogen) atoms. The Labute approximate surface area is 92.8 Å². The average molecular weight is 205 g/mol. The van der Waals surface area contributed by atoms with Gasteiger partial charge >= 0.3 is 0 Å². The first-order valence-corrected chi connectivity index (χ1v) is 5.39. The molecule has 0 bridgehead atoms. The van der Waals surface area contributed by atoms with Crippen molar-refractivity contribution in [1.82, 2.24) is 15.1 Å². The Morgan fingerprint density at radius 3 is 2.27 bits per heavy atom. The summed E-state index contributed by atoms with van der Waals surface area (Å²) in [6, 6.07) is 0. The second kappa shape index (κ2) is 7.31. The van der Waals surface area contributed by atoms with Crippen LogP contribution in [-0.4, -0.2) is 62.2 Å². The van der Waals surface area contributed by atoms with Crippen LogP contribution in [0.1, 0.15) is 0 Å². The zero-order valence-electron chi connectivity index (χ0n) is 9.21. The Bertz CT molecular complexity index is 227. The minimum Gasteiger partial charge on any atom is -0.314 e. The molecule has 0 atom stereocenters. The van der Waals surface area contributed by atoms with Crippen LogP contribution in [0.25, 0.3) is 0 Å². The number of piperazine rings is 1. The smallest absolute Gasteiger partial charge is 0.0607 e. The number of hydrogen-bond acceptors (Lipinski definition) is 3. The van der Waals surface area contributed by atoms with Gasteiger partial charge in [-0.05, 0) is 0 Å². The molecule has 3 nitrogen and oxygen atoms in total. The van der Waals surface area contributed by atoms with Crippen molar-refractivity contribution >= 4 is 0 Å². The second-order valence-corrected chi connectivity index (χ2v) is 3.71. The number of terminal acetylenes is 2. The van der Waals surface area contributed by atoms with Crippen LogP contribution in [0.2, 0.25) is 0 Å². The summed E-state index contributed by atoms with van der Waals surface area (Å²) < 4.78 is 0. The zero-order chi connectivity index (χ0) is 10.9. The summed E-state index contributed by atoms with van der Waals surface area (Å²) in [5.74, 6) is 5.28. The van der Waals surface area contributed by atoms with Crippen LogP contribution in [0.4, 0.5) is 0 Å². The molecule has 0 aliphatic carbocycles. The SMILES string of the molecule is C#CCN(CC#C)CCN1CCNCC1. The predicted octanol–water partition coefficient (Wildman–Crippen LogP) is -0.540. The molecule has 82 valence electrons. The van der Waals surface area contributed by atoms with Gasteiger partial charge in [-0.15, -0.1) is 12.8 Å². The van der Waals surface area contributed by atoms with Crippen LogP contribution >= 0.6 is 0 Å². The van der Waals surface area contributed by atoms with E-state index in [4.69, 9.17) is 12.8 Å². The largest absolute Gasteiger partial charge is 0.314 e. The molecular formula is C12H19N3. The van der Waals surface area contributed by atoms with Crippen LogP contribution in [-0.2, 0) is 0 Å². The molecule has 0 aromatic heterocycles. The third-order valence-electron chi connectivity index (χ3n) is 2.57. The Morgan fingerprint density at radius 2 is 1.73 bits per heavy atom. The number of hydrogen-bond donors (Lipinski definition) is 1. The molecule has 0 aromatic rings. The first-order valence-electron chi connectivity index (χ1n) is 5.39. The molecule has 0 saturated carbocycles. The molecule has 0 aromatic carbocycles. The summed E-state index contributed by atoms with van der Waals surface area (Å²) in [7, 11) is 0. The summed E-state index contributed by atoms with van der Waals surface area (Å²) in [6.45, 7) is 7.75. The predicted molar refractivity (Wildman–Crippen MR) is 63.4 cm³/mol. The van der Waals surface area contributed by atoms with E-state index in [2.05, 4.69) is 27.0 Å². The van der Waals surface area contributed by atoms with E-state index in [0.717, 1.165) is 39.3 Å². The van der Waals surface area contributed by atoms with Gasteiger partial charge in [0.25, 0.3) is 0 Å². The first kappa shape index (κ1) is 12.1. The van der Waals surface area contributed by atoms with Gasteiger partial charge < -0.3 is 5.32 Å². The molecule has 1 heterocycles. The van der Waals surface area contributed by atoms with Crippen LogP contribution < -0.4 is 5.32 Å². The highest BCUT2D eigenvalue weighted by molar-refractivity contribution is 4.94. The van der Waals surface area contributed by atoms with Gasteiger partial charge in [-0.25, -0.2) is 0 Å². The van der Waals surface area contributed by atoms with E-state index in [1.165, 1.54) is 0 Å². The molecule has 1 rings (SSSR count). The molecule has 1 saturated heterocycles. The highest BCUT2D eigenvalue weighted by Gasteiger charge is 2.10. The molecule has 3 heteroatoms. The molecular weight excluding hydrogens is 186 g/mol. The minimum atomic E-state index is 0.649.